The normalized spacial score (nSPS) is 11.8. The average molecular weight is 368 g/mol. The Bertz CT molecular complexity index is 667. The molecule has 0 fully saturated rings. The van der Waals surface area contributed by atoms with E-state index < -0.39 is 12.1 Å². The number of halogens is 2. The van der Waals surface area contributed by atoms with Crippen LogP contribution in [0.5, 0.6) is 0 Å². The molecule has 0 amide bonds. The standard InChI is InChI=1S/C16H12BrClO3/c1-10(15(19)12-3-2-4-14(18)9-12)21-16(20)11-5-7-13(17)8-6-11/h2-10H,1H3. The van der Waals surface area contributed by atoms with E-state index in [-0.39, 0.29) is 5.78 Å². The fraction of sp³-hybridized carbons (Fsp3) is 0.125. The highest BCUT2D eigenvalue weighted by Gasteiger charge is 2.20. The van der Waals surface area contributed by atoms with Crippen molar-refractivity contribution in [2.45, 2.75) is 13.0 Å². The lowest BCUT2D eigenvalue weighted by molar-refractivity contribution is 0.0319. The van der Waals surface area contributed by atoms with Crippen LogP contribution < -0.4 is 0 Å². The highest BCUT2D eigenvalue weighted by molar-refractivity contribution is 9.10. The molecule has 1 atom stereocenters. The van der Waals surface area contributed by atoms with Gasteiger partial charge in [0.15, 0.2) is 6.10 Å². The van der Waals surface area contributed by atoms with E-state index in [1.165, 1.54) is 0 Å². The van der Waals surface area contributed by atoms with Crippen molar-refractivity contribution in [3.05, 3.63) is 69.2 Å². The van der Waals surface area contributed by atoms with Crippen LogP contribution in [0.15, 0.2) is 53.0 Å². The predicted molar refractivity (Wildman–Crippen MR) is 84.8 cm³/mol. The van der Waals surface area contributed by atoms with E-state index in [4.69, 9.17) is 16.3 Å². The van der Waals surface area contributed by atoms with E-state index >= 15 is 0 Å². The molecule has 0 radical (unpaired) electrons. The van der Waals surface area contributed by atoms with Crippen LogP contribution in [0.25, 0.3) is 0 Å². The second-order valence-electron chi connectivity index (χ2n) is 4.43. The number of benzene rings is 2. The van der Waals surface area contributed by atoms with Gasteiger partial charge in [0.05, 0.1) is 5.56 Å². The number of hydrogen-bond donors (Lipinski definition) is 0. The van der Waals surface area contributed by atoms with Crippen molar-refractivity contribution in [1.29, 1.82) is 0 Å². The van der Waals surface area contributed by atoms with Gasteiger partial charge in [0, 0.05) is 15.1 Å². The quantitative estimate of drug-likeness (QED) is 0.589. The summed E-state index contributed by atoms with van der Waals surface area (Å²) in [7, 11) is 0. The number of ketones is 1. The van der Waals surface area contributed by atoms with E-state index in [0.717, 1.165) is 4.47 Å². The van der Waals surface area contributed by atoms with Gasteiger partial charge in [-0.1, -0.05) is 39.7 Å². The summed E-state index contributed by atoms with van der Waals surface area (Å²) >= 11 is 9.13. The fourth-order valence-electron chi connectivity index (χ4n) is 1.74. The highest BCUT2D eigenvalue weighted by atomic mass is 79.9. The third-order valence-corrected chi connectivity index (χ3v) is 3.61. The van der Waals surface area contributed by atoms with E-state index in [9.17, 15) is 9.59 Å². The zero-order valence-electron chi connectivity index (χ0n) is 11.2. The van der Waals surface area contributed by atoms with Crippen molar-refractivity contribution in [2.75, 3.05) is 0 Å². The molecule has 3 nitrogen and oxygen atoms in total. The SMILES string of the molecule is CC(OC(=O)c1ccc(Br)cc1)C(=O)c1cccc(Cl)c1. The maximum atomic E-state index is 12.2. The number of esters is 1. The molecule has 108 valence electrons. The number of rotatable bonds is 4. The first-order chi connectivity index (χ1) is 9.97. The molecule has 0 saturated heterocycles. The molecule has 0 aliphatic carbocycles. The second kappa shape index (κ2) is 6.87. The summed E-state index contributed by atoms with van der Waals surface area (Å²) in [5.74, 6) is -0.826. The fourth-order valence-corrected chi connectivity index (χ4v) is 2.20. The zero-order chi connectivity index (χ0) is 15.4. The zero-order valence-corrected chi connectivity index (χ0v) is 13.5. The number of carbonyl (C=O) groups is 2. The molecule has 1 unspecified atom stereocenters. The van der Waals surface area contributed by atoms with Crippen molar-refractivity contribution < 1.29 is 14.3 Å². The van der Waals surface area contributed by atoms with Gasteiger partial charge in [0.2, 0.25) is 5.78 Å². The average Bonchev–Trinajstić information content (AvgIpc) is 2.47. The molecule has 2 aromatic carbocycles. The maximum Gasteiger partial charge on any atom is 0.338 e. The van der Waals surface area contributed by atoms with Gasteiger partial charge in [0.1, 0.15) is 0 Å². The Hall–Kier alpha value is -1.65. The first kappa shape index (κ1) is 15.7. The van der Waals surface area contributed by atoms with Crippen molar-refractivity contribution in [3.8, 4) is 0 Å². The van der Waals surface area contributed by atoms with Gasteiger partial charge in [-0.3, -0.25) is 4.79 Å². The van der Waals surface area contributed by atoms with Crippen molar-refractivity contribution in [3.63, 3.8) is 0 Å². The van der Waals surface area contributed by atoms with E-state index in [1.54, 1.807) is 55.5 Å². The Morgan fingerprint density at radius 2 is 1.76 bits per heavy atom. The van der Waals surface area contributed by atoms with Crippen LogP contribution in [0.2, 0.25) is 5.02 Å². The van der Waals surface area contributed by atoms with Gasteiger partial charge in [-0.05, 0) is 43.3 Å². The van der Waals surface area contributed by atoms with Gasteiger partial charge < -0.3 is 4.74 Å². The van der Waals surface area contributed by atoms with Gasteiger partial charge in [-0.15, -0.1) is 0 Å². The summed E-state index contributed by atoms with van der Waals surface area (Å²) in [6.07, 6.45) is -0.875. The summed E-state index contributed by atoms with van der Waals surface area (Å²) in [6.45, 7) is 1.54. The number of ether oxygens (including phenoxy) is 1. The van der Waals surface area contributed by atoms with Crippen LogP contribution in [0.3, 0.4) is 0 Å². The Morgan fingerprint density at radius 1 is 1.10 bits per heavy atom. The molecule has 2 rings (SSSR count). The molecule has 0 heterocycles. The number of carbonyl (C=O) groups excluding carboxylic acids is 2. The lowest BCUT2D eigenvalue weighted by atomic mass is 10.1. The summed E-state index contributed by atoms with van der Waals surface area (Å²) in [5, 5.41) is 0.465. The molecule has 0 saturated carbocycles. The first-order valence-electron chi connectivity index (χ1n) is 6.23. The molecule has 0 spiro atoms. The molecular weight excluding hydrogens is 356 g/mol. The molecule has 0 aromatic heterocycles. The summed E-state index contributed by atoms with van der Waals surface area (Å²) in [6, 6.07) is 13.3. The number of hydrogen-bond acceptors (Lipinski definition) is 3. The number of Topliss-reactive ketones (excluding diaryl/α,β-unsaturated/α-hetero) is 1. The van der Waals surface area contributed by atoms with E-state index in [0.29, 0.717) is 16.1 Å². The molecule has 5 heteroatoms. The first-order valence-corrected chi connectivity index (χ1v) is 7.41. The van der Waals surface area contributed by atoms with Gasteiger partial charge >= 0.3 is 5.97 Å². The molecule has 0 N–H and O–H groups in total. The van der Waals surface area contributed by atoms with Crippen LogP contribution >= 0.6 is 27.5 Å². The minimum absolute atomic E-state index is 0.289. The van der Waals surface area contributed by atoms with Crippen LogP contribution in [0.1, 0.15) is 27.6 Å². The van der Waals surface area contributed by atoms with Gasteiger partial charge in [-0.2, -0.15) is 0 Å². The minimum Gasteiger partial charge on any atom is -0.451 e. The van der Waals surface area contributed by atoms with Crippen molar-refractivity contribution in [1.82, 2.24) is 0 Å². The summed E-state index contributed by atoms with van der Waals surface area (Å²) in [4.78, 5) is 24.1. The molecule has 2 aromatic rings. The second-order valence-corrected chi connectivity index (χ2v) is 5.78. The Labute approximate surface area is 136 Å². The monoisotopic (exact) mass is 366 g/mol. The summed E-state index contributed by atoms with van der Waals surface area (Å²) < 4.78 is 6.05. The molecule has 0 bridgehead atoms. The topological polar surface area (TPSA) is 43.4 Å². The minimum atomic E-state index is -0.875. The van der Waals surface area contributed by atoms with Crippen LogP contribution in [-0.2, 0) is 4.74 Å². The molecule has 0 aliphatic rings. The van der Waals surface area contributed by atoms with Crippen molar-refractivity contribution >= 4 is 39.3 Å². The van der Waals surface area contributed by atoms with Crippen LogP contribution in [0, 0.1) is 0 Å². The highest BCUT2D eigenvalue weighted by Crippen LogP contribution is 2.15. The predicted octanol–water partition coefficient (Wildman–Crippen LogP) is 4.53. The third-order valence-electron chi connectivity index (χ3n) is 2.84. The maximum absolute atomic E-state index is 12.2. The Balaban J connectivity index is 2.07. The van der Waals surface area contributed by atoms with Gasteiger partial charge in [-0.25, -0.2) is 4.79 Å². The summed E-state index contributed by atoms with van der Waals surface area (Å²) in [5.41, 5.74) is 0.808. The van der Waals surface area contributed by atoms with Crippen LogP contribution in [-0.4, -0.2) is 17.9 Å². The lowest BCUT2D eigenvalue weighted by Crippen LogP contribution is -2.24. The van der Waals surface area contributed by atoms with Crippen LogP contribution in [0.4, 0.5) is 0 Å². The Kier molecular flexibility index (Phi) is 5.15. The van der Waals surface area contributed by atoms with Gasteiger partial charge in [0.25, 0.3) is 0 Å². The lowest BCUT2D eigenvalue weighted by Gasteiger charge is -2.12. The Morgan fingerprint density at radius 3 is 2.38 bits per heavy atom. The van der Waals surface area contributed by atoms with Crippen molar-refractivity contribution in [2.24, 2.45) is 0 Å². The molecule has 21 heavy (non-hydrogen) atoms. The van der Waals surface area contributed by atoms with E-state index in [2.05, 4.69) is 15.9 Å². The smallest absolute Gasteiger partial charge is 0.338 e. The molecule has 0 aliphatic heterocycles. The van der Waals surface area contributed by atoms with E-state index in [1.807, 2.05) is 0 Å². The third kappa shape index (κ3) is 4.16. The molecular formula is C16H12BrClO3. The largest absolute Gasteiger partial charge is 0.451 e.